The van der Waals surface area contributed by atoms with Crippen LogP contribution >= 0.6 is 0 Å². The summed E-state index contributed by atoms with van der Waals surface area (Å²) >= 11 is 0. The Morgan fingerprint density at radius 3 is 2.85 bits per heavy atom. The standard InChI is InChI=1S/C12H20O/c1-12(2)10-6-5-9(4-3-7-13)11(12)8-10/h5,10-11,13H,3-4,6-8H2,1-2H3/t10-,11-/m1/s1. The van der Waals surface area contributed by atoms with Crippen molar-refractivity contribution in [2.75, 3.05) is 6.61 Å². The molecule has 1 saturated carbocycles. The van der Waals surface area contributed by atoms with Crippen LogP contribution in [0.4, 0.5) is 0 Å². The van der Waals surface area contributed by atoms with Crippen molar-refractivity contribution in [3.05, 3.63) is 11.6 Å². The highest BCUT2D eigenvalue weighted by atomic mass is 16.2. The molecular weight excluding hydrogens is 160 g/mol. The smallest absolute Gasteiger partial charge is 0.0434 e. The van der Waals surface area contributed by atoms with E-state index in [2.05, 4.69) is 19.9 Å². The molecule has 0 aromatic rings. The van der Waals surface area contributed by atoms with E-state index in [0.717, 1.165) is 24.7 Å². The van der Waals surface area contributed by atoms with Gasteiger partial charge in [-0.25, -0.2) is 0 Å². The van der Waals surface area contributed by atoms with Gasteiger partial charge in [0.05, 0.1) is 0 Å². The minimum atomic E-state index is 0.341. The van der Waals surface area contributed by atoms with Gasteiger partial charge in [-0.05, 0) is 42.9 Å². The molecule has 2 bridgehead atoms. The van der Waals surface area contributed by atoms with Crippen LogP contribution in [0.25, 0.3) is 0 Å². The maximum absolute atomic E-state index is 8.80. The first-order valence-electron chi connectivity index (χ1n) is 5.46. The zero-order chi connectivity index (χ0) is 9.47. The van der Waals surface area contributed by atoms with Crippen molar-refractivity contribution in [1.29, 1.82) is 0 Å². The molecule has 0 radical (unpaired) electrons. The topological polar surface area (TPSA) is 20.2 Å². The average Bonchev–Trinajstić information content (AvgIpc) is 2.14. The zero-order valence-corrected chi connectivity index (χ0v) is 8.71. The molecule has 1 fully saturated rings. The molecule has 0 unspecified atom stereocenters. The van der Waals surface area contributed by atoms with E-state index in [-0.39, 0.29) is 0 Å². The van der Waals surface area contributed by atoms with Crippen molar-refractivity contribution in [2.24, 2.45) is 17.3 Å². The first-order chi connectivity index (χ1) is 6.16. The number of hydrogen-bond acceptors (Lipinski definition) is 1. The fraction of sp³-hybridized carbons (Fsp3) is 0.833. The van der Waals surface area contributed by atoms with E-state index in [0.29, 0.717) is 12.0 Å². The van der Waals surface area contributed by atoms with Crippen LogP contribution in [0.15, 0.2) is 11.6 Å². The molecule has 0 amide bonds. The Kier molecular flexibility index (Phi) is 2.23. The van der Waals surface area contributed by atoms with Gasteiger partial charge in [0, 0.05) is 6.61 Å². The molecule has 0 aliphatic heterocycles. The second kappa shape index (κ2) is 3.13. The molecule has 3 aliphatic rings. The molecule has 1 N–H and O–H groups in total. The lowest BCUT2D eigenvalue weighted by atomic mass is 9.48. The molecule has 0 heterocycles. The van der Waals surface area contributed by atoms with E-state index < -0.39 is 0 Å². The second-order valence-corrected chi connectivity index (χ2v) is 5.15. The quantitative estimate of drug-likeness (QED) is 0.662. The van der Waals surface area contributed by atoms with Crippen LogP contribution in [-0.2, 0) is 0 Å². The predicted molar refractivity (Wildman–Crippen MR) is 54.4 cm³/mol. The summed E-state index contributed by atoms with van der Waals surface area (Å²) in [4.78, 5) is 0. The van der Waals surface area contributed by atoms with Crippen molar-refractivity contribution in [2.45, 2.75) is 39.5 Å². The summed E-state index contributed by atoms with van der Waals surface area (Å²) in [6.07, 6.45) is 7.19. The monoisotopic (exact) mass is 180 g/mol. The van der Waals surface area contributed by atoms with Gasteiger partial charge in [-0.1, -0.05) is 25.5 Å². The van der Waals surface area contributed by atoms with Gasteiger partial charge in [-0.3, -0.25) is 0 Å². The van der Waals surface area contributed by atoms with Gasteiger partial charge in [0.15, 0.2) is 0 Å². The minimum absolute atomic E-state index is 0.341. The summed E-state index contributed by atoms with van der Waals surface area (Å²) in [5.41, 5.74) is 2.18. The number of fused-ring (bicyclic) bond motifs is 1. The van der Waals surface area contributed by atoms with E-state index in [1.54, 1.807) is 5.57 Å². The number of allylic oxidation sites excluding steroid dienone is 2. The summed E-state index contributed by atoms with van der Waals surface area (Å²) in [6, 6.07) is 0. The van der Waals surface area contributed by atoms with Crippen molar-refractivity contribution >= 4 is 0 Å². The fourth-order valence-electron chi connectivity index (χ4n) is 3.04. The van der Waals surface area contributed by atoms with Crippen LogP contribution in [0.3, 0.4) is 0 Å². The first-order valence-corrected chi connectivity index (χ1v) is 5.46. The van der Waals surface area contributed by atoms with Crippen LogP contribution in [0.1, 0.15) is 39.5 Å². The van der Waals surface area contributed by atoms with Crippen LogP contribution < -0.4 is 0 Å². The number of aliphatic hydroxyl groups excluding tert-OH is 1. The van der Waals surface area contributed by atoms with E-state index in [4.69, 9.17) is 5.11 Å². The van der Waals surface area contributed by atoms with Gasteiger partial charge in [-0.2, -0.15) is 0 Å². The molecule has 1 nitrogen and oxygen atoms in total. The highest BCUT2D eigenvalue weighted by Crippen LogP contribution is 2.59. The number of aliphatic hydroxyl groups is 1. The van der Waals surface area contributed by atoms with Gasteiger partial charge in [0.2, 0.25) is 0 Å². The Morgan fingerprint density at radius 1 is 1.54 bits per heavy atom. The maximum atomic E-state index is 8.80. The molecule has 2 atom stereocenters. The molecule has 0 saturated heterocycles. The summed E-state index contributed by atoms with van der Waals surface area (Å²) in [5.74, 6) is 1.77. The van der Waals surface area contributed by atoms with E-state index >= 15 is 0 Å². The number of hydrogen-bond donors (Lipinski definition) is 1. The Labute approximate surface area is 80.8 Å². The highest BCUT2D eigenvalue weighted by molar-refractivity contribution is 5.23. The van der Waals surface area contributed by atoms with Crippen LogP contribution in [0.5, 0.6) is 0 Å². The van der Waals surface area contributed by atoms with Gasteiger partial charge in [0.25, 0.3) is 0 Å². The summed E-state index contributed by atoms with van der Waals surface area (Å²) in [5, 5.41) is 8.80. The lowest BCUT2D eigenvalue weighted by molar-refractivity contribution is -0.00867. The van der Waals surface area contributed by atoms with Crippen LogP contribution in [-0.4, -0.2) is 11.7 Å². The van der Waals surface area contributed by atoms with Crippen molar-refractivity contribution in [3.63, 3.8) is 0 Å². The molecule has 0 aromatic carbocycles. The first kappa shape index (κ1) is 9.26. The highest BCUT2D eigenvalue weighted by Gasteiger charge is 2.50. The van der Waals surface area contributed by atoms with Crippen molar-refractivity contribution < 1.29 is 5.11 Å². The molecule has 3 aliphatic carbocycles. The Hall–Kier alpha value is -0.300. The van der Waals surface area contributed by atoms with Gasteiger partial charge >= 0.3 is 0 Å². The molecule has 0 aromatic heterocycles. The Bertz CT molecular complexity index is 227. The van der Waals surface area contributed by atoms with E-state index in [1.165, 1.54) is 12.8 Å². The largest absolute Gasteiger partial charge is 0.396 e. The fourth-order valence-corrected chi connectivity index (χ4v) is 3.04. The summed E-state index contributed by atoms with van der Waals surface area (Å²) < 4.78 is 0. The van der Waals surface area contributed by atoms with Crippen LogP contribution in [0.2, 0.25) is 0 Å². The van der Waals surface area contributed by atoms with Gasteiger partial charge < -0.3 is 5.11 Å². The summed E-state index contributed by atoms with van der Waals surface area (Å²) in [6.45, 7) is 5.14. The Balaban J connectivity index is 2.01. The second-order valence-electron chi connectivity index (χ2n) is 5.15. The maximum Gasteiger partial charge on any atom is 0.0434 e. The molecule has 0 spiro atoms. The molecule has 74 valence electrons. The summed E-state index contributed by atoms with van der Waals surface area (Å²) in [7, 11) is 0. The third-order valence-corrected chi connectivity index (χ3v) is 4.21. The third-order valence-electron chi connectivity index (χ3n) is 4.21. The molecule has 3 rings (SSSR count). The van der Waals surface area contributed by atoms with Crippen molar-refractivity contribution in [1.82, 2.24) is 0 Å². The third kappa shape index (κ3) is 1.34. The van der Waals surface area contributed by atoms with Gasteiger partial charge in [0.1, 0.15) is 0 Å². The number of rotatable bonds is 3. The predicted octanol–water partition coefficient (Wildman–Crippen LogP) is 2.75. The van der Waals surface area contributed by atoms with E-state index in [9.17, 15) is 0 Å². The molecule has 1 heteroatoms. The molecule has 13 heavy (non-hydrogen) atoms. The average molecular weight is 180 g/mol. The lowest BCUT2D eigenvalue weighted by Crippen LogP contribution is -2.48. The zero-order valence-electron chi connectivity index (χ0n) is 8.71. The van der Waals surface area contributed by atoms with Crippen molar-refractivity contribution in [3.8, 4) is 0 Å². The van der Waals surface area contributed by atoms with Crippen LogP contribution in [0, 0.1) is 17.3 Å². The van der Waals surface area contributed by atoms with Gasteiger partial charge in [-0.15, -0.1) is 0 Å². The van der Waals surface area contributed by atoms with E-state index in [1.807, 2.05) is 0 Å². The molecular formula is C12H20O. The Morgan fingerprint density at radius 2 is 2.31 bits per heavy atom. The normalized spacial score (nSPS) is 35.2. The minimum Gasteiger partial charge on any atom is -0.396 e. The lowest BCUT2D eigenvalue weighted by Gasteiger charge is -2.56. The SMILES string of the molecule is CC1(C)[C@@H]2CC=C(CCCO)[C@H]1C2.